The zero-order chi connectivity index (χ0) is 15.0. The van der Waals surface area contributed by atoms with Gasteiger partial charge in [-0.3, -0.25) is 4.79 Å². The molecule has 0 spiro atoms. The second-order valence-corrected chi connectivity index (χ2v) is 3.86. The Bertz CT molecular complexity index is 547. The van der Waals surface area contributed by atoms with Gasteiger partial charge in [0.25, 0.3) is 0 Å². The lowest BCUT2D eigenvalue weighted by atomic mass is 10.1. The van der Waals surface area contributed by atoms with Gasteiger partial charge in [0.1, 0.15) is 5.82 Å². The van der Waals surface area contributed by atoms with Crippen molar-refractivity contribution in [2.75, 3.05) is 6.61 Å². The maximum atomic E-state index is 13.4. The van der Waals surface area contributed by atoms with Gasteiger partial charge in [0.15, 0.2) is 0 Å². The first-order chi connectivity index (χ1) is 9.52. The van der Waals surface area contributed by atoms with Gasteiger partial charge >= 0.3 is 11.9 Å². The Hall–Kier alpha value is -2.43. The Morgan fingerprint density at radius 1 is 1.35 bits per heavy atom. The van der Waals surface area contributed by atoms with Crippen LogP contribution in [0.3, 0.4) is 0 Å². The lowest BCUT2D eigenvalue weighted by Gasteiger charge is -2.00. The van der Waals surface area contributed by atoms with Crippen molar-refractivity contribution in [3.63, 3.8) is 0 Å². The predicted molar refractivity (Wildman–Crippen MR) is 73.4 cm³/mol. The highest BCUT2D eigenvalue weighted by Gasteiger charge is 2.01. The molecule has 106 valence electrons. The zero-order valence-electron chi connectivity index (χ0n) is 11.0. The van der Waals surface area contributed by atoms with Crippen LogP contribution >= 0.6 is 0 Å². The monoisotopic (exact) mass is 278 g/mol. The Balaban J connectivity index is 2.77. The molecule has 1 N–H and O–H groups in total. The Morgan fingerprint density at radius 2 is 2.10 bits per heavy atom. The molecule has 1 aromatic rings. The highest BCUT2D eigenvalue weighted by Crippen LogP contribution is 2.14. The number of hydrogen-bond donors (Lipinski definition) is 1. The molecule has 1 aromatic carbocycles. The fourth-order valence-electron chi connectivity index (χ4n) is 1.47. The Labute approximate surface area is 116 Å². The van der Waals surface area contributed by atoms with Crippen molar-refractivity contribution in [2.45, 2.75) is 13.3 Å². The highest BCUT2D eigenvalue weighted by atomic mass is 19.1. The quantitative estimate of drug-likeness (QED) is 0.642. The number of carbonyl (C=O) groups excluding carboxylic acids is 1. The molecule has 0 unspecified atom stereocenters. The summed E-state index contributed by atoms with van der Waals surface area (Å²) in [4.78, 5) is 21.5. The van der Waals surface area contributed by atoms with Crippen molar-refractivity contribution < 1.29 is 23.8 Å². The maximum Gasteiger partial charge on any atom is 0.328 e. The smallest absolute Gasteiger partial charge is 0.328 e. The third kappa shape index (κ3) is 5.48. The van der Waals surface area contributed by atoms with Crippen molar-refractivity contribution in [2.24, 2.45) is 0 Å². The summed E-state index contributed by atoms with van der Waals surface area (Å²) in [5.74, 6) is -1.99. The second kappa shape index (κ2) is 7.89. The summed E-state index contributed by atoms with van der Waals surface area (Å²) < 4.78 is 18.2. The van der Waals surface area contributed by atoms with E-state index in [4.69, 9.17) is 9.84 Å². The highest BCUT2D eigenvalue weighted by molar-refractivity contribution is 5.85. The first kappa shape index (κ1) is 15.6. The SMILES string of the molecule is CCOC(=O)CC=Cc1ccc(F)c(/C=C/C(=O)O)c1. The summed E-state index contributed by atoms with van der Waals surface area (Å²) in [6.45, 7) is 2.05. The molecule has 0 saturated carbocycles. The molecular formula is C15H15FO4. The average Bonchev–Trinajstić information content (AvgIpc) is 2.39. The van der Waals surface area contributed by atoms with Crippen molar-refractivity contribution in [3.05, 3.63) is 47.3 Å². The summed E-state index contributed by atoms with van der Waals surface area (Å²) >= 11 is 0. The fraction of sp³-hybridized carbons (Fsp3) is 0.200. The molecule has 0 saturated heterocycles. The summed E-state index contributed by atoms with van der Waals surface area (Å²) in [6, 6.07) is 4.27. The molecule has 1 rings (SSSR count). The van der Waals surface area contributed by atoms with Gasteiger partial charge in [-0.15, -0.1) is 0 Å². The number of benzene rings is 1. The molecule has 0 aliphatic heterocycles. The molecule has 0 fully saturated rings. The predicted octanol–water partition coefficient (Wildman–Crippen LogP) is 2.89. The molecule has 0 heterocycles. The summed E-state index contributed by atoms with van der Waals surface area (Å²) in [7, 11) is 0. The molecule has 0 aliphatic rings. The van der Waals surface area contributed by atoms with Crippen LogP contribution < -0.4 is 0 Å². The molecule has 20 heavy (non-hydrogen) atoms. The zero-order valence-corrected chi connectivity index (χ0v) is 11.0. The van der Waals surface area contributed by atoms with Gasteiger partial charge in [0.05, 0.1) is 13.0 Å². The van der Waals surface area contributed by atoms with Crippen molar-refractivity contribution >= 4 is 24.1 Å². The number of halogens is 1. The van der Waals surface area contributed by atoms with E-state index in [2.05, 4.69) is 0 Å². The third-order valence-electron chi connectivity index (χ3n) is 2.33. The number of rotatable bonds is 6. The average molecular weight is 278 g/mol. The molecule has 0 aliphatic carbocycles. The van der Waals surface area contributed by atoms with Gasteiger partial charge in [0, 0.05) is 11.6 Å². The molecule has 0 bridgehead atoms. The minimum Gasteiger partial charge on any atom is -0.478 e. The number of ether oxygens (including phenoxy) is 1. The summed E-state index contributed by atoms with van der Waals surface area (Å²) in [6.07, 6.45) is 5.43. The Kier molecular flexibility index (Phi) is 6.16. The first-order valence-corrected chi connectivity index (χ1v) is 6.05. The van der Waals surface area contributed by atoms with Gasteiger partial charge in [-0.2, -0.15) is 0 Å². The van der Waals surface area contributed by atoms with Gasteiger partial charge in [0.2, 0.25) is 0 Å². The molecule has 0 atom stereocenters. The standard InChI is InChI=1S/C15H15FO4/c1-2-20-15(19)5-3-4-11-6-8-13(16)12(10-11)7-9-14(17)18/h3-4,6-10H,2,5H2,1H3,(H,17,18)/b4-3?,9-7+. The molecule has 5 heteroatoms. The summed E-state index contributed by atoms with van der Waals surface area (Å²) in [5, 5.41) is 8.51. The number of carboxylic acid groups (broad SMARTS) is 1. The number of aliphatic carboxylic acids is 1. The van der Waals surface area contributed by atoms with E-state index in [1.54, 1.807) is 19.1 Å². The molecule has 0 radical (unpaired) electrons. The van der Waals surface area contributed by atoms with E-state index in [9.17, 15) is 14.0 Å². The minimum atomic E-state index is -1.15. The van der Waals surface area contributed by atoms with E-state index in [-0.39, 0.29) is 18.0 Å². The van der Waals surface area contributed by atoms with Crippen LogP contribution in [-0.2, 0) is 14.3 Å². The molecular weight excluding hydrogens is 263 g/mol. The van der Waals surface area contributed by atoms with E-state index in [0.717, 1.165) is 6.08 Å². The van der Waals surface area contributed by atoms with Crippen LogP contribution in [0.1, 0.15) is 24.5 Å². The van der Waals surface area contributed by atoms with Gasteiger partial charge in [-0.05, 0) is 30.7 Å². The topological polar surface area (TPSA) is 63.6 Å². The maximum absolute atomic E-state index is 13.4. The molecule has 0 amide bonds. The lowest BCUT2D eigenvalue weighted by Crippen LogP contribution is -2.01. The number of esters is 1. The van der Waals surface area contributed by atoms with Crippen LogP contribution in [-0.4, -0.2) is 23.7 Å². The van der Waals surface area contributed by atoms with Crippen molar-refractivity contribution in [1.82, 2.24) is 0 Å². The van der Waals surface area contributed by atoms with Crippen LogP contribution in [0.25, 0.3) is 12.2 Å². The van der Waals surface area contributed by atoms with Gasteiger partial charge in [-0.25, -0.2) is 9.18 Å². The van der Waals surface area contributed by atoms with E-state index < -0.39 is 11.8 Å². The van der Waals surface area contributed by atoms with Crippen molar-refractivity contribution in [1.29, 1.82) is 0 Å². The summed E-state index contributed by atoms with van der Waals surface area (Å²) in [5.41, 5.74) is 0.839. The molecule has 0 aromatic heterocycles. The molecule has 4 nitrogen and oxygen atoms in total. The van der Waals surface area contributed by atoms with Crippen molar-refractivity contribution in [3.8, 4) is 0 Å². The van der Waals surface area contributed by atoms with Crippen LogP contribution in [0.15, 0.2) is 30.4 Å². The van der Waals surface area contributed by atoms with Crippen LogP contribution in [0.5, 0.6) is 0 Å². The number of carbonyl (C=O) groups is 2. The lowest BCUT2D eigenvalue weighted by molar-refractivity contribution is -0.142. The van der Waals surface area contributed by atoms with E-state index >= 15 is 0 Å². The van der Waals surface area contributed by atoms with Crippen LogP contribution in [0.2, 0.25) is 0 Å². The van der Waals surface area contributed by atoms with Gasteiger partial charge < -0.3 is 9.84 Å². The van der Waals surface area contributed by atoms with Gasteiger partial charge in [-0.1, -0.05) is 18.2 Å². The largest absolute Gasteiger partial charge is 0.478 e. The van der Waals surface area contributed by atoms with Crippen LogP contribution in [0.4, 0.5) is 4.39 Å². The van der Waals surface area contributed by atoms with Crippen LogP contribution in [0, 0.1) is 5.82 Å². The third-order valence-corrected chi connectivity index (χ3v) is 2.33. The first-order valence-electron chi connectivity index (χ1n) is 6.05. The minimum absolute atomic E-state index is 0.130. The number of hydrogen-bond acceptors (Lipinski definition) is 3. The number of carboxylic acids is 1. The fourth-order valence-corrected chi connectivity index (χ4v) is 1.47. The van der Waals surface area contributed by atoms with E-state index in [0.29, 0.717) is 12.2 Å². The normalized spacial score (nSPS) is 11.1. The Morgan fingerprint density at radius 3 is 2.75 bits per heavy atom. The van der Waals surface area contributed by atoms with E-state index in [1.807, 2.05) is 0 Å². The van der Waals surface area contributed by atoms with E-state index in [1.165, 1.54) is 24.3 Å². The second-order valence-electron chi connectivity index (χ2n) is 3.86.